The molecule has 2 heterocycles. The van der Waals surface area contributed by atoms with Crippen molar-refractivity contribution in [2.45, 2.75) is 69.2 Å². The van der Waals surface area contributed by atoms with Crippen molar-refractivity contribution in [3.05, 3.63) is 24.2 Å². The molecule has 0 bridgehead atoms. The number of hydrogen-bond donors (Lipinski definition) is 2. The van der Waals surface area contributed by atoms with E-state index >= 15 is 0 Å². The van der Waals surface area contributed by atoms with E-state index in [0.717, 1.165) is 62.8 Å². The van der Waals surface area contributed by atoms with Crippen molar-refractivity contribution in [2.75, 3.05) is 32.4 Å². The van der Waals surface area contributed by atoms with Crippen LogP contribution in [0.4, 0.5) is 0 Å². The molecule has 28 heavy (non-hydrogen) atoms. The lowest BCUT2D eigenvalue weighted by atomic mass is 9.95. The maximum Gasteiger partial charge on any atom is 0.191 e. The predicted octanol–water partition coefficient (Wildman–Crippen LogP) is 3.05. The van der Waals surface area contributed by atoms with E-state index in [2.05, 4.69) is 26.6 Å². The molecule has 1 aliphatic heterocycles. The summed E-state index contributed by atoms with van der Waals surface area (Å²) in [6, 6.07) is 4.61. The average Bonchev–Trinajstić information content (AvgIpc) is 3.28. The van der Waals surface area contributed by atoms with Crippen LogP contribution in [0.15, 0.2) is 27.8 Å². The second kappa shape index (κ2) is 11.0. The van der Waals surface area contributed by atoms with Crippen LogP contribution in [-0.4, -0.2) is 58.8 Å². The fraction of sp³-hybridized carbons (Fsp3) is 0.762. The van der Waals surface area contributed by atoms with Crippen molar-refractivity contribution in [2.24, 2.45) is 4.99 Å². The van der Waals surface area contributed by atoms with E-state index in [1.165, 1.54) is 19.3 Å². The molecule has 1 saturated carbocycles. The number of hydrogen-bond acceptors (Lipinski definition) is 4. The minimum Gasteiger partial charge on any atom is -0.468 e. The first-order chi connectivity index (χ1) is 13.7. The van der Waals surface area contributed by atoms with Gasteiger partial charge >= 0.3 is 0 Å². The molecule has 2 fully saturated rings. The van der Waals surface area contributed by atoms with Crippen molar-refractivity contribution in [3.63, 3.8) is 0 Å². The molecule has 1 aromatic rings. The van der Waals surface area contributed by atoms with Gasteiger partial charge in [0.15, 0.2) is 5.96 Å². The molecular formula is C21H36N4O2S. The van der Waals surface area contributed by atoms with Gasteiger partial charge in [0, 0.05) is 41.4 Å². The van der Waals surface area contributed by atoms with Crippen LogP contribution in [0.1, 0.15) is 63.7 Å². The Labute approximate surface area is 172 Å². The monoisotopic (exact) mass is 408 g/mol. The summed E-state index contributed by atoms with van der Waals surface area (Å²) in [6.45, 7) is 5.02. The number of likely N-dealkylation sites (tertiary alicyclic amines) is 1. The van der Waals surface area contributed by atoms with Gasteiger partial charge in [0.2, 0.25) is 0 Å². The maximum atomic E-state index is 12.2. The first-order valence-electron chi connectivity index (χ1n) is 10.8. The Hall–Kier alpha value is -1.34. The summed E-state index contributed by atoms with van der Waals surface area (Å²) in [5.74, 6) is 2.60. The van der Waals surface area contributed by atoms with E-state index < -0.39 is 10.8 Å². The quantitative estimate of drug-likeness (QED) is 0.536. The van der Waals surface area contributed by atoms with Crippen LogP contribution in [0.5, 0.6) is 0 Å². The average molecular weight is 409 g/mol. The summed E-state index contributed by atoms with van der Waals surface area (Å²) in [5, 5.41) is 7.41. The molecule has 158 valence electrons. The Balaban J connectivity index is 1.56. The van der Waals surface area contributed by atoms with Crippen molar-refractivity contribution >= 4 is 16.8 Å². The Morgan fingerprint density at radius 2 is 2.14 bits per heavy atom. The van der Waals surface area contributed by atoms with Crippen LogP contribution in [0.25, 0.3) is 0 Å². The van der Waals surface area contributed by atoms with Crippen LogP contribution in [0.2, 0.25) is 0 Å². The second-order valence-corrected chi connectivity index (χ2v) is 9.89. The van der Waals surface area contributed by atoms with Crippen LogP contribution >= 0.6 is 0 Å². The lowest BCUT2D eigenvalue weighted by Crippen LogP contribution is -2.49. The molecule has 2 aliphatic rings. The molecule has 6 nitrogen and oxygen atoms in total. The minimum absolute atomic E-state index is 0.223. The Kier molecular flexibility index (Phi) is 8.40. The molecule has 1 saturated heterocycles. The van der Waals surface area contributed by atoms with E-state index in [-0.39, 0.29) is 6.04 Å². The third kappa shape index (κ3) is 5.83. The number of aliphatic imine (C=N–C) groups is 1. The minimum atomic E-state index is -0.705. The highest BCUT2D eigenvalue weighted by Crippen LogP contribution is 2.25. The highest BCUT2D eigenvalue weighted by atomic mass is 32.2. The summed E-state index contributed by atoms with van der Waals surface area (Å²) in [5.41, 5.74) is 0. The van der Waals surface area contributed by atoms with Gasteiger partial charge in [0.05, 0.1) is 12.3 Å². The van der Waals surface area contributed by atoms with Gasteiger partial charge in [-0.25, -0.2) is 0 Å². The molecule has 7 heteroatoms. The van der Waals surface area contributed by atoms with E-state index in [1.54, 1.807) is 6.26 Å². The van der Waals surface area contributed by atoms with Crippen LogP contribution in [0, 0.1) is 0 Å². The number of piperidine rings is 1. The lowest BCUT2D eigenvalue weighted by molar-refractivity contribution is 0.146. The maximum absolute atomic E-state index is 12.2. The fourth-order valence-electron chi connectivity index (χ4n) is 4.45. The first kappa shape index (κ1) is 21.4. The zero-order valence-electron chi connectivity index (χ0n) is 17.4. The van der Waals surface area contributed by atoms with Gasteiger partial charge in [-0.05, 0) is 57.3 Å². The number of guanidine groups is 1. The van der Waals surface area contributed by atoms with Crippen molar-refractivity contribution in [3.8, 4) is 0 Å². The highest BCUT2D eigenvalue weighted by molar-refractivity contribution is 7.85. The summed E-state index contributed by atoms with van der Waals surface area (Å²) in [6.07, 6.45) is 9.88. The number of furan rings is 1. The van der Waals surface area contributed by atoms with E-state index in [1.807, 2.05) is 20.0 Å². The second-order valence-electron chi connectivity index (χ2n) is 7.88. The number of nitrogens with one attached hydrogen (secondary N) is 2. The van der Waals surface area contributed by atoms with Gasteiger partial charge < -0.3 is 15.1 Å². The molecule has 0 aromatic carbocycles. The molecule has 0 spiro atoms. The molecule has 0 radical (unpaired) electrons. The SMILES string of the molecule is CCS(=O)C1CCCC(NC(=NC)NCC(c2ccco2)N2CCCCC2)C1. The van der Waals surface area contributed by atoms with Crippen LogP contribution in [-0.2, 0) is 10.8 Å². The molecule has 4 atom stereocenters. The lowest BCUT2D eigenvalue weighted by Gasteiger charge is -2.34. The van der Waals surface area contributed by atoms with Crippen molar-refractivity contribution in [1.29, 1.82) is 0 Å². The number of nitrogens with zero attached hydrogens (tertiary/aromatic N) is 2. The number of rotatable bonds is 7. The zero-order chi connectivity index (χ0) is 19.8. The first-order valence-corrected chi connectivity index (χ1v) is 12.2. The summed E-state index contributed by atoms with van der Waals surface area (Å²) < 4.78 is 18.0. The van der Waals surface area contributed by atoms with Crippen LogP contribution in [0.3, 0.4) is 0 Å². The zero-order valence-corrected chi connectivity index (χ0v) is 18.2. The molecule has 0 amide bonds. The Morgan fingerprint density at radius 3 is 2.82 bits per heavy atom. The van der Waals surface area contributed by atoms with Gasteiger partial charge in [-0.2, -0.15) is 0 Å². The predicted molar refractivity (Wildman–Crippen MR) is 116 cm³/mol. The van der Waals surface area contributed by atoms with Gasteiger partial charge in [-0.1, -0.05) is 19.8 Å². The molecule has 4 unspecified atom stereocenters. The third-order valence-electron chi connectivity index (χ3n) is 6.01. The van der Waals surface area contributed by atoms with Gasteiger partial charge in [0.25, 0.3) is 0 Å². The third-order valence-corrected chi connectivity index (χ3v) is 7.75. The van der Waals surface area contributed by atoms with Crippen molar-refractivity contribution < 1.29 is 8.63 Å². The van der Waals surface area contributed by atoms with Gasteiger partial charge in [-0.15, -0.1) is 0 Å². The largest absolute Gasteiger partial charge is 0.468 e. The summed E-state index contributed by atoms with van der Waals surface area (Å²) in [4.78, 5) is 6.96. The highest BCUT2D eigenvalue weighted by Gasteiger charge is 2.27. The molecule has 1 aliphatic carbocycles. The van der Waals surface area contributed by atoms with E-state index in [0.29, 0.717) is 11.3 Å². The van der Waals surface area contributed by atoms with E-state index in [9.17, 15) is 4.21 Å². The van der Waals surface area contributed by atoms with Crippen LogP contribution < -0.4 is 10.6 Å². The van der Waals surface area contributed by atoms with Gasteiger partial charge in [-0.3, -0.25) is 14.1 Å². The summed E-state index contributed by atoms with van der Waals surface area (Å²) >= 11 is 0. The smallest absolute Gasteiger partial charge is 0.191 e. The van der Waals surface area contributed by atoms with Crippen molar-refractivity contribution in [1.82, 2.24) is 15.5 Å². The summed E-state index contributed by atoms with van der Waals surface area (Å²) in [7, 11) is 1.12. The molecule has 3 rings (SSSR count). The van der Waals surface area contributed by atoms with E-state index in [4.69, 9.17) is 4.42 Å². The standard InChI is InChI=1S/C21H36N4O2S/c1-3-28(26)18-10-7-9-17(15-18)24-21(22-2)23-16-19(20-11-8-14-27-20)25-12-5-4-6-13-25/h8,11,14,17-19H,3-7,9-10,12-13,15-16H2,1-2H3,(H2,22,23,24). The molecule has 1 aromatic heterocycles. The Morgan fingerprint density at radius 1 is 1.32 bits per heavy atom. The fourth-order valence-corrected chi connectivity index (χ4v) is 5.80. The molecule has 2 N–H and O–H groups in total. The topological polar surface area (TPSA) is 69.9 Å². The van der Waals surface area contributed by atoms with Gasteiger partial charge in [0.1, 0.15) is 5.76 Å². The Bertz CT molecular complexity index is 628. The molecular weight excluding hydrogens is 372 g/mol. The normalized spacial score (nSPS) is 26.6.